The maximum Gasteiger partial charge on any atom is 0.242 e. The zero-order valence-corrected chi connectivity index (χ0v) is 13.8. The lowest BCUT2D eigenvalue weighted by Crippen LogP contribution is -2.42. The van der Waals surface area contributed by atoms with E-state index in [1.165, 1.54) is 0 Å². The third-order valence-corrected chi connectivity index (χ3v) is 4.79. The first-order valence-electron chi connectivity index (χ1n) is 8.41. The number of amides is 1. The number of para-hydroxylation sites is 2. The molecule has 1 unspecified atom stereocenters. The van der Waals surface area contributed by atoms with Gasteiger partial charge in [-0.25, -0.2) is 4.98 Å². The molecule has 6 heteroatoms. The number of piperidine rings is 1. The minimum Gasteiger partial charge on any atom is -0.339 e. The van der Waals surface area contributed by atoms with Crippen LogP contribution in [0.25, 0.3) is 11.0 Å². The van der Waals surface area contributed by atoms with E-state index in [9.17, 15) is 4.79 Å². The van der Waals surface area contributed by atoms with E-state index in [4.69, 9.17) is 0 Å². The Kier molecular flexibility index (Phi) is 3.80. The molecule has 0 bridgehead atoms. The standard InChI is InChI=1S/C18H21N5O/c1-14-20-16-7-2-3-8-17(16)22(14)13-18(24)21-10-4-6-15(12-21)23-11-5-9-19-23/h2-3,5,7-9,11,15H,4,6,10,12-13H2,1H3. The number of aromatic nitrogens is 4. The highest BCUT2D eigenvalue weighted by molar-refractivity contribution is 5.81. The molecule has 6 nitrogen and oxygen atoms in total. The molecule has 1 saturated heterocycles. The Morgan fingerprint density at radius 1 is 1.29 bits per heavy atom. The molecule has 0 radical (unpaired) electrons. The number of carbonyl (C=O) groups excluding carboxylic acids is 1. The van der Waals surface area contributed by atoms with Crippen LogP contribution in [0.3, 0.4) is 0 Å². The van der Waals surface area contributed by atoms with Crippen LogP contribution >= 0.6 is 0 Å². The molecular weight excluding hydrogens is 302 g/mol. The fourth-order valence-electron chi connectivity index (χ4n) is 3.52. The summed E-state index contributed by atoms with van der Waals surface area (Å²) in [6, 6.07) is 10.2. The topological polar surface area (TPSA) is 56.0 Å². The van der Waals surface area contributed by atoms with Gasteiger partial charge in [0, 0.05) is 25.5 Å². The number of rotatable bonds is 3. The van der Waals surface area contributed by atoms with Gasteiger partial charge < -0.3 is 9.47 Å². The van der Waals surface area contributed by atoms with Gasteiger partial charge in [-0.15, -0.1) is 0 Å². The Morgan fingerprint density at radius 2 is 2.17 bits per heavy atom. The highest BCUT2D eigenvalue weighted by atomic mass is 16.2. The lowest BCUT2D eigenvalue weighted by molar-refractivity contribution is -0.133. The monoisotopic (exact) mass is 323 g/mol. The molecule has 3 heterocycles. The number of nitrogens with zero attached hydrogens (tertiary/aromatic N) is 5. The van der Waals surface area contributed by atoms with Crippen molar-refractivity contribution in [3.8, 4) is 0 Å². The minimum absolute atomic E-state index is 0.151. The van der Waals surface area contributed by atoms with Crippen molar-refractivity contribution in [3.63, 3.8) is 0 Å². The molecule has 0 spiro atoms. The number of hydrogen-bond acceptors (Lipinski definition) is 3. The Hall–Kier alpha value is -2.63. The molecule has 0 saturated carbocycles. The van der Waals surface area contributed by atoms with Crippen LogP contribution < -0.4 is 0 Å². The highest BCUT2D eigenvalue weighted by Crippen LogP contribution is 2.22. The molecule has 1 aliphatic heterocycles. The molecule has 124 valence electrons. The molecule has 3 aromatic rings. The molecule has 24 heavy (non-hydrogen) atoms. The number of benzene rings is 1. The lowest BCUT2D eigenvalue weighted by Gasteiger charge is -2.33. The first kappa shape index (κ1) is 14.9. The van der Waals surface area contributed by atoms with E-state index < -0.39 is 0 Å². The van der Waals surface area contributed by atoms with Crippen LogP contribution in [0.1, 0.15) is 24.7 Å². The van der Waals surface area contributed by atoms with Crippen molar-refractivity contribution in [1.29, 1.82) is 0 Å². The van der Waals surface area contributed by atoms with Crippen molar-refractivity contribution in [2.75, 3.05) is 13.1 Å². The van der Waals surface area contributed by atoms with E-state index >= 15 is 0 Å². The van der Waals surface area contributed by atoms with Gasteiger partial charge in [0.15, 0.2) is 0 Å². The molecule has 0 aliphatic carbocycles. The summed E-state index contributed by atoms with van der Waals surface area (Å²) in [6.45, 7) is 3.85. The van der Waals surface area contributed by atoms with Crippen LogP contribution in [0, 0.1) is 6.92 Å². The second kappa shape index (κ2) is 6.11. The van der Waals surface area contributed by atoms with Crippen molar-refractivity contribution < 1.29 is 4.79 Å². The van der Waals surface area contributed by atoms with Crippen LogP contribution in [-0.4, -0.2) is 43.2 Å². The van der Waals surface area contributed by atoms with Gasteiger partial charge in [-0.1, -0.05) is 12.1 Å². The largest absolute Gasteiger partial charge is 0.339 e. The van der Waals surface area contributed by atoms with Crippen LogP contribution in [-0.2, 0) is 11.3 Å². The fraction of sp³-hybridized carbons (Fsp3) is 0.389. The molecule has 1 amide bonds. The van der Waals surface area contributed by atoms with Crippen molar-refractivity contribution in [2.45, 2.75) is 32.4 Å². The molecule has 0 N–H and O–H groups in total. The highest BCUT2D eigenvalue weighted by Gasteiger charge is 2.25. The molecule has 1 fully saturated rings. The van der Waals surface area contributed by atoms with E-state index in [1.807, 2.05) is 57.6 Å². The van der Waals surface area contributed by atoms with Crippen molar-refractivity contribution in [2.24, 2.45) is 0 Å². The average molecular weight is 323 g/mol. The second-order valence-electron chi connectivity index (χ2n) is 6.36. The number of aryl methyl sites for hydroxylation is 1. The summed E-state index contributed by atoms with van der Waals surface area (Å²) in [7, 11) is 0. The summed E-state index contributed by atoms with van der Waals surface area (Å²) in [4.78, 5) is 19.3. The number of hydrogen-bond donors (Lipinski definition) is 0. The third-order valence-electron chi connectivity index (χ3n) is 4.79. The normalized spacial score (nSPS) is 18.2. The predicted octanol–water partition coefficient (Wildman–Crippen LogP) is 2.40. The van der Waals surface area contributed by atoms with Gasteiger partial charge in [-0.3, -0.25) is 9.48 Å². The Morgan fingerprint density at radius 3 is 3.00 bits per heavy atom. The molecule has 2 aromatic heterocycles. The summed E-state index contributed by atoms with van der Waals surface area (Å²) in [5.41, 5.74) is 1.96. The maximum atomic E-state index is 12.8. The SMILES string of the molecule is Cc1nc2ccccc2n1CC(=O)N1CCCC(n2cccn2)C1. The number of imidazole rings is 1. The van der Waals surface area contributed by atoms with Gasteiger partial charge in [-0.2, -0.15) is 5.10 Å². The third kappa shape index (κ3) is 2.68. The fourth-order valence-corrected chi connectivity index (χ4v) is 3.52. The average Bonchev–Trinajstić information content (AvgIpc) is 3.24. The first-order valence-corrected chi connectivity index (χ1v) is 8.41. The van der Waals surface area contributed by atoms with E-state index in [-0.39, 0.29) is 11.9 Å². The smallest absolute Gasteiger partial charge is 0.242 e. The molecular formula is C18H21N5O. The van der Waals surface area contributed by atoms with Crippen LogP contribution in [0.4, 0.5) is 0 Å². The van der Waals surface area contributed by atoms with E-state index in [0.717, 1.165) is 42.8 Å². The number of fused-ring (bicyclic) bond motifs is 1. The molecule has 1 atom stereocenters. The summed E-state index contributed by atoms with van der Waals surface area (Å²) < 4.78 is 3.98. The summed E-state index contributed by atoms with van der Waals surface area (Å²) in [5.74, 6) is 1.03. The summed E-state index contributed by atoms with van der Waals surface area (Å²) in [5, 5.41) is 4.33. The first-order chi connectivity index (χ1) is 11.7. The second-order valence-corrected chi connectivity index (χ2v) is 6.36. The van der Waals surface area contributed by atoms with Crippen molar-refractivity contribution in [1.82, 2.24) is 24.2 Å². The summed E-state index contributed by atoms with van der Waals surface area (Å²) >= 11 is 0. The number of likely N-dealkylation sites (tertiary alicyclic amines) is 1. The number of carbonyl (C=O) groups is 1. The Labute approximate surface area is 140 Å². The van der Waals surface area contributed by atoms with Gasteiger partial charge in [0.2, 0.25) is 5.91 Å². The van der Waals surface area contributed by atoms with Gasteiger partial charge in [0.25, 0.3) is 0 Å². The van der Waals surface area contributed by atoms with Gasteiger partial charge in [0.1, 0.15) is 12.4 Å². The Bertz CT molecular complexity index is 852. The van der Waals surface area contributed by atoms with Crippen LogP contribution in [0.5, 0.6) is 0 Å². The Balaban J connectivity index is 1.52. The van der Waals surface area contributed by atoms with Gasteiger partial charge in [-0.05, 0) is 38.0 Å². The van der Waals surface area contributed by atoms with Crippen LogP contribution in [0.2, 0.25) is 0 Å². The summed E-state index contributed by atoms with van der Waals surface area (Å²) in [6.07, 6.45) is 5.85. The minimum atomic E-state index is 0.151. The van der Waals surface area contributed by atoms with Crippen LogP contribution in [0.15, 0.2) is 42.7 Å². The maximum absolute atomic E-state index is 12.8. The zero-order chi connectivity index (χ0) is 16.5. The zero-order valence-electron chi connectivity index (χ0n) is 13.8. The lowest BCUT2D eigenvalue weighted by atomic mass is 10.1. The quantitative estimate of drug-likeness (QED) is 0.744. The molecule has 1 aliphatic rings. The van der Waals surface area contributed by atoms with E-state index in [0.29, 0.717) is 6.54 Å². The van der Waals surface area contributed by atoms with Crippen molar-refractivity contribution >= 4 is 16.9 Å². The molecule has 1 aromatic carbocycles. The van der Waals surface area contributed by atoms with Gasteiger partial charge >= 0.3 is 0 Å². The van der Waals surface area contributed by atoms with Gasteiger partial charge in [0.05, 0.1) is 17.1 Å². The van der Waals surface area contributed by atoms with E-state index in [1.54, 1.807) is 6.20 Å². The van der Waals surface area contributed by atoms with E-state index in [2.05, 4.69) is 10.1 Å². The van der Waals surface area contributed by atoms with Crippen molar-refractivity contribution in [3.05, 3.63) is 48.5 Å². The predicted molar refractivity (Wildman–Crippen MR) is 91.5 cm³/mol. The molecule has 4 rings (SSSR count).